The lowest BCUT2D eigenvalue weighted by molar-refractivity contribution is 0.303. The van der Waals surface area contributed by atoms with E-state index < -0.39 is 0 Å². The highest BCUT2D eigenvalue weighted by Crippen LogP contribution is 2.38. The van der Waals surface area contributed by atoms with Crippen LogP contribution < -0.4 is 5.56 Å². The molecule has 2 aromatic rings. The SMILES string of the molecule is CSc1ccc(/C(=C\CCO)c2ccc(C3CC3)c(=O)[nH]2)cc1. The first-order chi connectivity index (χ1) is 11.2. The molecule has 1 aliphatic rings. The topological polar surface area (TPSA) is 53.1 Å². The summed E-state index contributed by atoms with van der Waals surface area (Å²) < 4.78 is 0. The van der Waals surface area contributed by atoms with E-state index in [1.165, 1.54) is 4.90 Å². The van der Waals surface area contributed by atoms with Crippen LogP contribution in [0.1, 0.15) is 42.0 Å². The monoisotopic (exact) mass is 327 g/mol. The van der Waals surface area contributed by atoms with E-state index >= 15 is 0 Å². The summed E-state index contributed by atoms with van der Waals surface area (Å²) >= 11 is 1.70. The van der Waals surface area contributed by atoms with Crippen molar-refractivity contribution in [2.45, 2.75) is 30.1 Å². The van der Waals surface area contributed by atoms with Gasteiger partial charge in [-0.15, -0.1) is 11.8 Å². The number of pyridine rings is 1. The van der Waals surface area contributed by atoms with Crippen molar-refractivity contribution in [3.8, 4) is 0 Å². The van der Waals surface area contributed by atoms with Gasteiger partial charge < -0.3 is 10.1 Å². The van der Waals surface area contributed by atoms with Gasteiger partial charge in [-0.2, -0.15) is 0 Å². The van der Waals surface area contributed by atoms with Crippen molar-refractivity contribution in [1.29, 1.82) is 0 Å². The van der Waals surface area contributed by atoms with E-state index in [0.717, 1.165) is 35.2 Å². The molecule has 0 amide bonds. The van der Waals surface area contributed by atoms with Gasteiger partial charge in [-0.1, -0.05) is 24.3 Å². The highest BCUT2D eigenvalue weighted by atomic mass is 32.2. The van der Waals surface area contributed by atoms with E-state index in [-0.39, 0.29) is 12.2 Å². The van der Waals surface area contributed by atoms with Crippen LogP contribution in [-0.4, -0.2) is 23.0 Å². The number of nitrogens with one attached hydrogen (secondary N) is 1. The lowest BCUT2D eigenvalue weighted by Gasteiger charge is -2.10. The molecule has 3 nitrogen and oxygen atoms in total. The molecule has 0 spiro atoms. The molecule has 1 aliphatic carbocycles. The predicted octanol–water partition coefficient (Wildman–Crippen LogP) is 3.79. The van der Waals surface area contributed by atoms with Crippen molar-refractivity contribution in [3.05, 3.63) is 69.6 Å². The molecule has 1 aromatic heterocycles. The number of aromatic nitrogens is 1. The molecule has 3 rings (SSSR count). The Morgan fingerprint density at radius 2 is 2.00 bits per heavy atom. The molecule has 1 saturated carbocycles. The van der Waals surface area contributed by atoms with Crippen molar-refractivity contribution in [3.63, 3.8) is 0 Å². The molecule has 0 bridgehead atoms. The predicted molar refractivity (Wildman–Crippen MR) is 96.0 cm³/mol. The quantitative estimate of drug-likeness (QED) is 0.794. The van der Waals surface area contributed by atoms with E-state index in [0.29, 0.717) is 12.3 Å². The minimum atomic E-state index is 0.0145. The number of rotatable bonds is 6. The van der Waals surface area contributed by atoms with Crippen LogP contribution in [0.25, 0.3) is 5.57 Å². The van der Waals surface area contributed by atoms with Gasteiger partial charge in [0.05, 0.1) is 0 Å². The Hall–Kier alpha value is -1.78. The first-order valence-corrected chi connectivity index (χ1v) is 9.14. The lowest BCUT2D eigenvalue weighted by Crippen LogP contribution is -2.13. The van der Waals surface area contributed by atoms with E-state index in [9.17, 15) is 4.79 Å². The van der Waals surface area contributed by atoms with Crippen molar-refractivity contribution < 1.29 is 5.11 Å². The molecule has 0 radical (unpaired) electrons. The number of hydrogen-bond donors (Lipinski definition) is 2. The maximum Gasteiger partial charge on any atom is 0.251 e. The summed E-state index contributed by atoms with van der Waals surface area (Å²) in [5, 5.41) is 9.15. The summed E-state index contributed by atoms with van der Waals surface area (Å²) in [6, 6.07) is 12.2. The van der Waals surface area contributed by atoms with E-state index in [1.807, 2.05) is 24.5 Å². The molecule has 4 heteroatoms. The first kappa shape index (κ1) is 16.1. The summed E-state index contributed by atoms with van der Waals surface area (Å²) in [5.74, 6) is 0.443. The fourth-order valence-electron chi connectivity index (χ4n) is 2.72. The van der Waals surface area contributed by atoms with Crippen LogP contribution in [0.5, 0.6) is 0 Å². The zero-order valence-electron chi connectivity index (χ0n) is 13.2. The van der Waals surface area contributed by atoms with Crippen molar-refractivity contribution in [2.24, 2.45) is 0 Å². The molecule has 120 valence electrons. The van der Waals surface area contributed by atoms with Gasteiger partial charge in [-0.05, 0) is 55.2 Å². The third kappa shape index (κ3) is 3.77. The first-order valence-electron chi connectivity index (χ1n) is 7.92. The summed E-state index contributed by atoms with van der Waals surface area (Å²) in [5.41, 5.74) is 3.73. The number of aliphatic hydroxyl groups excluding tert-OH is 1. The average Bonchev–Trinajstić information content (AvgIpc) is 3.41. The average molecular weight is 327 g/mol. The van der Waals surface area contributed by atoms with Gasteiger partial charge in [0.25, 0.3) is 5.56 Å². The van der Waals surface area contributed by atoms with Crippen LogP contribution >= 0.6 is 11.8 Å². The van der Waals surface area contributed by atoms with E-state index in [1.54, 1.807) is 11.8 Å². The normalized spacial score (nSPS) is 15.0. The van der Waals surface area contributed by atoms with E-state index in [2.05, 4.69) is 29.2 Å². The van der Waals surface area contributed by atoms with Gasteiger partial charge in [-0.25, -0.2) is 0 Å². The molecule has 2 N–H and O–H groups in total. The minimum absolute atomic E-state index is 0.0145. The van der Waals surface area contributed by atoms with Crippen molar-refractivity contribution in [1.82, 2.24) is 4.98 Å². The summed E-state index contributed by atoms with van der Waals surface area (Å²) in [6.07, 6.45) is 6.82. The van der Waals surface area contributed by atoms with Crippen LogP contribution in [0.4, 0.5) is 0 Å². The molecule has 0 unspecified atom stereocenters. The fourth-order valence-corrected chi connectivity index (χ4v) is 3.13. The Labute approximate surface area is 140 Å². The van der Waals surface area contributed by atoms with Crippen LogP contribution in [-0.2, 0) is 0 Å². The van der Waals surface area contributed by atoms with Crippen LogP contribution in [0.3, 0.4) is 0 Å². The Morgan fingerprint density at radius 3 is 2.57 bits per heavy atom. The number of H-pyrrole nitrogens is 1. The second kappa shape index (κ2) is 7.20. The van der Waals surface area contributed by atoms with Crippen LogP contribution in [0.15, 0.2) is 52.2 Å². The third-order valence-electron chi connectivity index (χ3n) is 4.13. The van der Waals surface area contributed by atoms with Crippen molar-refractivity contribution in [2.75, 3.05) is 12.9 Å². The summed E-state index contributed by atoms with van der Waals surface area (Å²) in [7, 11) is 0. The Morgan fingerprint density at radius 1 is 1.26 bits per heavy atom. The number of thioether (sulfide) groups is 1. The molecular formula is C19H21NO2S. The van der Waals surface area contributed by atoms with Gasteiger partial charge in [-0.3, -0.25) is 4.79 Å². The molecular weight excluding hydrogens is 306 g/mol. The number of hydrogen-bond acceptors (Lipinski definition) is 3. The molecule has 0 aliphatic heterocycles. The molecule has 1 fully saturated rings. The van der Waals surface area contributed by atoms with E-state index in [4.69, 9.17) is 5.11 Å². The smallest absolute Gasteiger partial charge is 0.251 e. The molecule has 1 aromatic carbocycles. The third-order valence-corrected chi connectivity index (χ3v) is 4.87. The van der Waals surface area contributed by atoms with Crippen LogP contribution in [0.2, 0.25) is 0 Å². The zero-order chi connectivity index (χ0) is 16.2. The fraction of sp³-hybridized carbons (Fsp3) is 0.316. The molecule has 0 saturated heterocycles. The Bertz CT molecular complexity index is 758. The minimum Gasteiger partial charge on any atom is -0.396 e. The Kier molecular flexibility index (Phi) is 5.03. The van der Waals surface area contributed by atoms with Gasteiger partial charge in [0.15, 0.2) is 0 Å². The van der Waals surface area contributed by atoms with Gasteiger partial charge >= 0.3 is 0 Å². The highest BCUT2D eigenvalue weighted by molar-refractivity contribution is 7.98. The highest BCUT2D eigenvalue weighted by Gasteiger charge is 2.26. The lowest BCUT2D eigenvalue weighted by atomic mass is 10.00. The second-order valence-corrected chi connectivity index (χ2v) is 6.67. The number of aromatic amines is 1. The molecule has 0 atom stereocenters. The second-order valence-electron chi connectivity index (χ2n) is 5.79. The molecule has 23 heavy (non-hydrogen) atoms. The van der Waals surface area contributed by atoms with Gasteiger partial charge in [0.1, 0.15) is 0 Å². The molecule has 1 heterocycles. The summed E-state index contributed by atoms with van der Waals surface area (Å²) in [6.45, 7) is 0.0940. The number of aliphatic hydroxyl groups is 1. The maximum atomic E-state index is 12.3. The standard InChI is InChI=1S/C19H21NO2S/c1-23-15-8-6-13(7-9-15)16(3-2-12-21)18-11-10-17(14-4-5-14)19(22)20-18/h3,6-11,14,21H,2,4-5,12H2,1H3,(H,20,22)/b16-3+. The number of benzene rings is 1. The van der Waals surface area contributed by atoms with Crippen LogP contribution in [0, 0.1) is 0 Å². The maximum absolute atomic E-state index is 12.3. The van der Waals surface area contributed by atoms with Crippen molar-refractivity contribution >= 4 is 17.3 Å². The van der Waals surface area contributed by atoms with Gasteiger partial charge in [0.2, 0.25) is 0 Å². The van der Waals surface area contributed by atoms with Gasteiger partial charge in [0, 0.05) is 28.3 Å². The zero-order valence-corrected chi connectivity index (χ0v) is 14.0. The largest absolute Gasteiger partial charge is 0.396 e. The Balaban J connectivity index is 1.98. The summed E-state index contributed by atoms with van der Waals surface area (Å²) in [4.78, 5) is 16.5.